The van der Waals surface area contributed by atoms with E-state index in [-0.39, 0.29) is 6.04 Å². The highest BCUT2D eigenvalue weighted by Crippen LogP contribution is 2.19. The molecule has 0 spiro atoms. The van der Waals surface area contributed by atoms with Gasteiger partial charge in [0.1, 0.15) is 0 Å². The van der Waals surface area contributed by atoms with E-state index < -0.39 is 6.09 Å². The van der Waals surface area contributed by atoms with Crippen molar-refractivity contribution in [3.8, 4) is 0 Å². The van der Waals surface area contributed by atoms with Crippen LogP contribution in [0.1, 0.15) is 11.6 Å². The van der Waals surface area contributed by atoms with Crippen LogP contribution < -0.4 is 5.32 Å². The number of hydrogen-bond donors (Lipinski definition) is 2. The molecule has 16 heavy (non-hydrogen) atoms. The van der Waals surface area contributed by atoms with E-state index in [2.05, 4.69) is 10.3 Å². The van der Waals surface area contributed by atoms with Crippen molar-refractivity contribution in [1.29, 1.82) is 0 Å². The molecule has 0 bridgehead atoms. The van der Waals surface area contributed by atoms with E-state index in [0.717, 1.165) is 5.56 Å². The van der Waals surface area contributed by atoms with Crippen molar-refractivity contribution in [3.63, 3.8) is 0 Å². The lowest BCUT2D eigenvalue weighted by Crippen LogP contribution is -2.47. The molecule has 0 saturated carbocycles. The lowest BCUT2D eigenvalue weighted by molar-refractivity contribution is 0.129. The monoisotopic (exact) mass is 241 g/mol. The summed E-state index contributed by atoms with van der Waals surface area (Å²) in [6.45, 7) is 1.58. The Morgan fingerprint density at radius 1 is 1.62 bits per heavy atom. The molecule has 86 valence electrons. The summed E-state index contributed by atoms with van der Waals surface area (Å²) in [5.41, 5.74) is 0.915. The van der Waals surface area contributed by atoms with E-state index in [1.165, 1.54) is 4.90 Å². The lowest BCUT2D eigenvalue weighted by atomic mass is 10.1. The number of nitrogens with zero attached hydrogens (tertiary/aromatic N) is 2. The number of carboxylic acid groups (broad SMARTS) is 1. The summed E-state index contributed by atoms with van der Waals surface area (Å²) in [5.74, 6) is 0. The van der Waals surface area contributed by atoms with E-state index in [1.807, 2.05) is 0 Å². The van der Waals surface area contributed by atoms with Gasteiger partial charge in [0.15, 0.2) is 0 Å². The Morgan fingerprint density at radius 3 is 3.12 bits per heavy atom. The van der Waals surface area contributed by atoms with Gasteiger partial charge in [0.25, 0.3) is 0 Å². The van der Waals surface area contributed by atoms with E-state index in [4.69, 9.17) is 16.7 Å². The molecule has 1 atom stereocenters. The third-order valence-electron chi connectivity index (χ3n) is 2.57. The molecule has 1 aromatic rings. The molecule has 1 fully saturated rings. The lowest BCUT2D eigenvalue weighted by Gasteiger charge is -2.31. The minimum absolute atomic E-state index is 0.0314. The van der Waals surface area contributed by atoms with Gasteiger partial charge in [-0.2, -0.15) is 0 Å². The Kier molecular flexibility index (Phi) is 3.26. The second-order valence-corrected chi connectivity index (χ2v) is 4.11. The third-order valence-corrected chi connectivity index (χ3v) is 2.78. The van der Waals surface area contributed by atoms with Crippen molar-refractivity contribution in [3.05, 3.63) is 29.0 Å². The Hall–Kier alpha value is -1.33. The second-order valence-electron chi connectivity index (χ2n) is 3.67. The fourth-order valence-corrected chi connectivity index (χ4v) is 1.95. The molecule has 5 nitrogen and oxygen atoms in total. The van der Waals surface area contributed by atoms with Gasteiger partial charge in [-0.25, -0.2) is 4.79 Å². The van der Waals surface area contributed by atoms with Crippen LogP contribution in [0.2, 0.25) is 5.02 Å². The highest BCUT2D eigenvalue weighted by molar-refractivity contribution is 6.30. The van der Waals surface area contributed by atoms with Crippen LogP contribution in [0.15, 0.2) is 18.5 Å². The summed E-state index contributed by atoms with van der Waals surface area (Å²) in [7, 11) is 0. The van der Waals surface area contributed by atoms with Gasteiger partial charge in [0.2, 0.25) is 0 Å². The number of carbonyl (C=O) groups is 1. The first-order valence-electron chi connectivity index (χ1n) is 4.98. The minimum atomic E-state index is -0.888. The van der Waals surface area contributed by atoms with Crippen LogP contribution in [0, 0.1) is 0 Å². The topological polar surface area (TPSA) is 65.5 Å². The summed E-state index contributed by atoms with van der Waals surface area (Å²) < 4.78 is 0. The maximum Gasteiger partial charge on any atom is 0.407 e. The molecule has 1 aromatic heterocycles. The molecule has 1 amide bonds. The van der Waals surface area contributed by atoms with Gasteiger partial charge in [0, 0.05) is 32.0 Å². The molecule has 1 unspecified atom stereocenters. The molecule has 1 aliphatic heterocycles. The number of pyridine rings is 1. The van der Waals surface area contributed by atoms with Gasteiger partial charge >= 0.3 is 6.09 Å². The SMILES string of the molecule is O=C(O)N1CCNC(c2cncc(Cl)c2)C1. The summed E-state index contributed by atoms with van der Waals surface area (Å²) in [6, 6.07) is 1.77. The molecule has 1 aliphatic rings. The number of amides is 1. The van der Waals surface area contributed by atoms with Gasteiger partial charge in [-0.15, -0.1) is 0 Å². The van der Waals surface area contributed by atoms with Gasteiger partial charge in [-0.05, 0) is 11.6 Å². The molecule has 2 rings (SSSR count). The zero-order valence-electron chi connectivity index (χ0n) is 8.56. The first kappa shape index (κ1) is 11.2. The van der Waals surface area contributed by atoms with Crippen molar-refractivity contribution in [2.24, 2.45) is 0 Å². The fourth-order valence-electron chi connectivity index (χ4n) is 1.77. The molecular formula is C10H12ClN3O2. The van der Waals surface area contributed by atoms with Crippen LogP contribution in [0.4, 0.5) is 4.79 Å². The minimum Gasteiger partial charge on any atom is -0.465 e. The van der Waals surface area contributed by atoms with Crippen LogP contribution in [-0.2, 0) is 0 Å². The normalized spacial score (nSPS) is 20.8. The number of aromatic nitrogens is 1. The van der Waals surface area contributed by atoms with Crippen LogP contribution in [0.5, 0.6) is 0 Å². The van der Waals surface area contributed by atoms with Crippen LogP contribution >= 0.6 is 11.6 Å². The molecule has 0 aliphatic carbocycles. The smallest absolute Gasteiger partial charge is 0.407 e. The van der Waals surface area contributed by atoms with Crippen molar-refractivity contribution in [2.75, 3.05) is 19.6 Å². The average Bonchev–Trinajstić information content (AvgIpc) is 2.29. The molecule has 0 radical (unpaired) electrons. The van der Waals surface area contributed by atoms with Crippen LogP contribution in [0.25, 0.3) is 0 Å². The molecule has 2 N–H and O–H groups in total. The molecular weight excluding hydrogens is 230 g/mol. The number of halogens is 1. The summed E-state index contributed by atoms with van der Waals surface area (Å²) in [6.07, 6.45) is 2.37. The summed E-state index contributed by atoms with van der Waals surface area (Å²) >= 11 is 5.84. The number of piperazine rings is 1. The summed E-state index contributed by atoms with van der Waals surface area (Å²) in [4.78, 5) is 16.2. The number of nitrogens with one attached hydrogen (secondary N) is 1. The quantitative estimate of drug-likeness (QED) is 0.779. The average molecular weight is 242 g/mol. The Balaban J connectivity index is 2.12. The Labute approximate surface area is 98.0 Å². The second kappa shape index (κ2) is 4.67. The van der Waals surface area contributed by atoms with Gasteiger partial charge in [0.05, 0.1) is 11.1 Å². The van der Waals surface area contributed by atoms with Gasteiger partial charge in [-0.3, -0.25) is 4.98 Å². The predicted octanol–water partition coefficient (Wildman–Crippen LogP) is 1.36. The first-order valence-corrected chi connectivity index (χ1v) is 5.36. The van der Waals surface area contributed by atoms with E-state index in [0.29, 0.717) is 24.7 Å². The Morgan fingerprint density at radius 2 is 2.44 bits per heavy atom. The standard InChI is InChI=1S/C10H12ClN3O2/c11-8-3-7(4-12-5-8)9-6-14(10(15)16)2-1-13-9/h3-5,9,13H,1-2,6H2,(H,15,16). The van der Waals surface area contributed by atoms with Gasteiger partial charge < -0.3 is 15.3 Å². The van der Waals surface area contributed by atoms with E-state index >= 15 is 0 Å². The summed E-state index contributed by atoms with van der Waals surface area (Å²) in [5, 5.41) is 12.7. The largest absolute Gasteiger partial charge is 0.465 e. The fraction of sp³-hybridized carbons (Fsp3) is 0.400. The number of hydrogen-bond acceptors (Lipinski definition) is 3. The highest BCUT2D eigenvalue weighted by Gasteiger charge is 2.23. The van der Waals surface area contributed by atoms with Crippen molar-refractivity contribution in [1.82, 2.24) is 15.2 Å². The molecule has 0 aromatic carbocycles. The third kappa shape index (κ3) is 2.43. The maximum absolute atomic E-state index is 10.9. The molecule has 1 saturated heterocycles. The highest BCUT2D eigenvalue weighted by atomic mass is 35.5. The van der Waals surface area contributed by atoms with E-state index in [1.54, 1.807) is 18.5 Å². The zero-order valence-corrected chi connectivity index (χ0v) is 9.31. The van der Waals surface area contributed by atoms with Crippen molar-refractivity contribution >= 4 is 17.7 Å². The maximum atomic E-state index is 10.9. The Bertz CT molecular complexity index is 399. The number of rotatable bonds is 1. The van der Waals surface area contributed by atoms with Crippen LogP contribution in [0.3, 0.4) is 0 Å². The van der Waals surface area contributed by atoms with Crippen LogP contribution in [-0.4, -0.2) is 40.7 Å². The van der Waals surface area contributed by atoms with Crippen molar-refractivity contribution < 1.29 is 9.90 Å². The van der Waals surface area contributed by atoms with Gasteiger partial charge in [-0.1, -0.05) is 11.6 Å². The molecule has 6 heteroatoms. The predicted molar refractivity (Wildman–Crippen MR) is 59.6 cm³/mol. The molecule has 2 heterocycles. The zero-order chi connectivity index (χ0) is 11.5. The van der Waals surface area contributed by atoms with E-state index in [9.17, 15) is 4.79 Å². The van der Waals surface area contributed by atoms with Crippen molar-refractivity contribution in [2.45, 2.75) is 6.04 Å². The first-order chi connectivity index (χ1) is 7.66.